The molecular weight excluding hydrogens is 368 g/mol. The van der Waals surface area contributed by atoms with E-state index in [2.05, 4.69) is 10.3 Å². The van der Waals surface area contributed by atoms with Crippen LogP contribution in [0.25, 0.3) is 10.9 Å². The van der Waals surface area contributed by atoms with Crippen molar-refractivity contribution in [3.05, 3.63) is 70.5 Å². The molecule has 1 N–H and O–H groups in total. The SMILES string of the molecule is COC(=O)CCCn1c([C@H](C)NCCc2ccccn2)nc2ccccc2c1=O. The molecule has 0 aliphatic rings. The zero-order valence-electron chi connectivity index (χ0n) is 16.8. The van der Waals surface area contributed by atoms with Gasteiger partial charge in [0, 0.05) is 37.8 Å². The second-order valence-corrected chi connectivity index (χ2v) is 6.87. The number of hydrogen-bond donors (Lipinski definition) is 1. The number of nitrogens with one attached hydrogen (secondary N) is 1. The average molecular weight is 394 g/mol. The second-order valence-electron chi connectivity index (χ2n) is 6.87. The molecule has 0 spiro atoms. The molecule has 1 atom stereocenters. The van der Waals surface area contributed by atoms with Crippen LogP contribution in [0.4, 0.5) is 0 Å². The Labute approximate surface area is 169 Å². The van der Waals surface area contributed by atoms with Crippen LogP contribution in [-0.4, -0.2) is 34.2 Å². The Balaban J connectivity index is 1.80. The van der Waals surface area contributed by atoms with Gasteiger partial charge < -0.3 is 10.1 Å². The number of benzene rings is 1. The number of carbonyl (C=O) groups is 1. The Morgan fingerprint density at radius 3 is 2.76 bits per heavy atom. The zero-order valence-corrected chi connectivity index (χ0v) is 16.8. The monoisotopic (exact) mass is 394 g/mol. The third-order valence-electron chi connectivity index (χ3n) is 4.83. The summed E-state index contributed by atoms with van der Waals surface area (Å²) < 4.78 is 6.37. The van der Waals surface area contributed by atoms with Crippen molar-refractivity contribution < 1.29 is 9.53 Å². The highest BCUT2D eigenvalue weighted by Crippen LogP contribution is 2.15. The molecule has 0 aliphatic carbocycles. The van der Waals surface area contributed by atoms with Crippen LogP contribution < -0.4 is 10.9 Å². The first-order chi connectivity index (χ1) is 14.1. The maximum atomic E-state index is 13.1. The number of hydrogen-bond acceptors (Lipinski definition) is 6. The van der Waals surface area contributed by atoms with E-state index in [0.29, 0.717) is 36.2 Å². The Kier molecular flexibility index (Phi) is 7.08. The summed E-state index contributed by atoms with van der Waals surface area (Å²) in [5.74, 6) is 0.384. The molecule has 0 radical (unpaired) electrons. The van der Waals surface area contributed by atoms with Gasteiger partial charge in [-0.25, -0.2) is 4.98 Å². The Bertz CT molecular complexity index is 1020. The summed E-state index contributed by atoms with van der Waals surface area (Å²) >= 11 is 0. The molecule has 29 heavy (non-hydrogen) atoms. The predicted molar refractivity (Wildman–Crippen MR) is 112 cm³/mol. The molecule has 0 saturated carbocycles. The summed E-state index contributed by atoms with van der Waals surface area (Å²) in [7, 11) is 1.37. The topological polar surface area (TPSA) is 86.1 Å². The predicted octanol–water partition coefficient (Wildman–Crippen LogP) is 2.64. The van der Waals surface area contributed by atoms with E-state index in [9.17, 15) is 9.59 Å². The van der Waals surface area contributed by atoms with Crippen LogP contribution >= 0.6 is 0 Å². The molecule has 3 aromatic rings. The highest BCUT2D eigenvalue weighted by molar-refractivity contribution is 5.77. The number of fused-ring (bicyclic) bond motifs is 1. The first kappa shape index (κ1) is 20.7. The van der Waals surface area contributed by atoms with Crippen LogP contribution in [0.5, 0.6) is 0 Å². The molecule has 0 bridgehead atoms. The second kappa shape index (κ2) is 9.93. The Morgan fingerprint density at radius 1 is 1.21 bits per heavy atom. The van der Waals surface area contributed by atoms with Crippen molar-refractivity contribution in [2.45, 2.75) is 38.8 Å². The van der Waals surface area contributed by atoms with Crippen molar-refractivity contribution in [3.8, 4) is 0 Å². The number of ether oxygens (including phenoxy) is 1. The summed E-state index contributed by atoms with van der Waals surface area (Å²) in [5.41, 5.74) is 1.60. The standard InChI is InChI=1S/C22H26N4O3/c1-16(23-14-12-17-8-5-6-13-24-17)21-25-19-10-4-3-9-18(19)22(28)26(21)15-7-11-20(27)29-2/h3-6,8-10,13,16,23H,7,11-12,14-15H2,1-2H3/t16-/m0/s1. The minimum atomic E-state index is -0.283. The van der Waals surface area contributed by atoms with Crippen LogP contribution in [-0.2, 0) is 22.5 Å². The quantitative estimate of drug-likeness (QED) is 0.562. The largest absolute Gasteiger partial charge is 0.469 e. The molecule has 152 valence electrons. The van der Waals surface area contributed by atoms with Crippen LogP contribution in [0.15, 0.2) is 53.5 Å². The lowest BCUT2D eigenvalue weighted by Crippen LogP contribution is -2.32. The average Bonchev–Trinajstić information content (AvgIpc) is 2.75. The maximum absolute atomic E-state index is 13.1. The number of methoxy groups -OCH3 is 1. The Morgan fingerprint density at radius 2 is 2.00 bits per heavy atom. The highest BCUT2D eigenvalue weighted by atomic mass is 16.5. The molecular formula is C22H26N4O3. The molecule has 2 aromatic heterocycles. The minimum Gasteiger partial charge on any atom is -0.469 e. The van der Waals surface area contributed by atoms with Gasteiger partial charge in [0.15, 0.2) is 0 Å². The molecule has 0 saturated heterocycles. The Hall–Kier alpha value is -3.06. The normalized spacial score (nSPS) is 12.1. The van der Waals surface area contributed by atoms with Gasteiger partial charge in [0.2, 0.25) is 0 Å². The van der Waals surface area contributed by atoms with Gasteiger partial charge in [0.1, 0.15) is 5.82 Å². The molecule has 1 aromatic carbocycles. The van der Waals surface area contributed by atoms with E-state index in [1.807, 2.05) is 43.3 Å². The van der Waals surface area contributed by atoms with E-state index in [1.165, 1.54) is 7.11 Å². The third kappa shape index (κ3) is 5.26. The molecule has 0 amide bonds. The summed E-state index contributed by atoms with van der Waals surface area (Å²) in [6.07, 6.45) is 3.34. The number of nitrogens with zero attached hydrogens (tertiary/aromatic N) is 3. The molecule has 0 aliphatic heterocycles. The van der Waals surface area contributed by atoms with E-state index in [0.717, 1.165) is 12.1 Å². The van der Waals surface area contributed by atoms with Gasteiger partial charge in [-0.15, -0.1) is 0 Å². The fourth-order valence-electron chi connectivity index (χ4n) is 3.27. The third-order valence-corrected chi connectivity index (χ3v) is 4.83. The van der Waals surface area contributed by atoms with E-state index in [1.54, 1.807) is 16.8 Å². The lowest BCUT2D eigenvalue weighted by atomic mass is 10.2. The molecule has 2 heterocycles. The smallest absolute Gasteiger partial charge is 0.305 e. The van der Waals surface area contributed by atoms with Crippen molar-refractivity contribution in [3.63, 3.8) is 0 Å². The van der Waals surface area contributed by atoms with Crippen molar-refractivity contribution in [1.82, 2.24) is 19.9 Å². The number of esters is 1. The zero-order chi connectivity index (χ0) is 20.6. The van der Waals surface area contributed by atoms with Gasteiger partial charge >= 0.3 is 5.97 Å². The van der Waals surface area contributed by atoms with Crippen molar-refractivity contribution in [1.29, 1.82) is 0 Å². The maximum Gasteiger partial charge on any atom is 0.305 e. The van der Waals surface area contributed by atoms with Crippen molar-refractivity contribution in [2.24, 2.45) is 0 Å². The summed E-state index contributed by atoms with van der Waals surface area (Å²) in [6, 6.07) is 13.1. The van der Waals surface area contributed by atoms with Gasteiger partial charge in [0.05, 0.1) is 24.1 Å². The summed E-state index contributed by atoms with van der Waals surface area (Å²) in [5, 5.41) is 4.01. The van der Waals surface area contributed by atoms with Crippen molar-refractivity contribution in [2.75, 3.05) is 13.7 Å². The molecule has 7 heteroatoms. The minimum absolute atomic E-state index is 0.0890. The van der Waals surface area contributed by atoms with Crippen LogP contribution in [0.3, 0.4) is 0 Å². The molecule has 3 rings (SSSR count). The highest BCUT2D eigenvalue weighted by Gasteiger charge is 2.16. The van der Waals surface area contributed by atoms with E-state index in [4.69, 9.17) is 9.72 Å². The molecule has 0 fully saturated rings. The number of aromatic nitrogens is 3. The van der Waals surface area contributed by atoms with E-state index in [-0.39, 0.29) is 24.0 Å². The number of rotatable bonds is 9. The number of para-hydroxylation sites is 1. The fourth-order valence-corrected chi connectivity index (χ4v) is 3.27. The molecule has 0 unspecified atom stereocenters. The number of pyridine rings is 1. The lowest BCUT2D eigenvalue weighted by Gasteiger charge is -2.19. The fraction of sp³-hybridized carbons (Fsp3) is 0.364. The van der Waals surface area contributed by atoms with Crippen LogP contribution in [0.2, 0.25) is 0 Å². The van der Waals surface area contributed by atoms with Crippen molar-refractivity contribution >= 4 is 16.9 Å². The first-order valence-electron chi connectivity index (χ1n) is 9.79. The lowest BCUT2D eigenvalue weighted by molar-refractivity contribution is -0.140. The van der Waals surface area contributed by atoms with E-state index >= 15 is 0 Å². The first-order valence-corrected chi connectivity index (χ1v) is 9.79. The molecule has 7 nitrogen and oxygen atoms in total. The van der Waals surface area contributed by atoms with Gasteiger partial charge in [-0.3, -0.25) is 19.1 Å². The summed E-state index contributed by atoms with van der Waals surface area (Å²) in [4.78, 5) is 33.6. The van der Waals surface area contributed by atoms with Gasteiger partial charge in [-0.05, 0) is 37.6 Å². The van der Waals surface area contributed by atoms with Gasteiger partial charge in [-0.1, -0.05) is 18.2 Å². The van der Waals surface area contributed by atoms with Crippen LogP contribution in [0.1, 0.15) is 37.3 Å². The van der Waals surface area contributed by atoms with Gasteiger partial charge in [-0.2, -0.15) is 0 Å². The number of carbonyl (C=O) groups excluding carboxylic acids is 1. The van der Waals surface area contributed by atoms with Gasteiger partial charge in [0.25, 0.3) is 5.56 Å². The summed E-state index contributed by atoms with van der Waals surface area (Å²) in [6.45, 7) is 3.11. The van der Waals surface area contributed by atoms with Crippen LogP contribution in [0, 0.1) is 0 Å². The van der Waals surface area contributed by atoms with E-state index < -0.39 is 0 Å².